The predicted octanol–water partition coefficient (Wildman–Crippen LogP) is 2.75. The van der Waals surface area contributed by atoms with Crippen LogP contribution in [-0.2, 0) is 14.3 Å². The van der Waals surface area contributed by atoms with E-state index in [2.05, 4.69) is 14.9 Å². The topological polar surface area (TPSA) is 84.4 Å². The fourth-order valence-electron chi connectivity index (χ4n) is 3.23. The minimum absolute atomic E-state index is 0.399. The van der Waals surface area contributed by atoms with E-state index >= 15 is 0 Å². The highest BCUT2D eigenvalue weighted by Crippen LogP contribution is 2.35. The smallest absolute Gasteiger partial charge is 0.405 e. The number of anilines is 1. The van der Waals surface area contributed by atoms with E-state index in [-0.39, 0.29) is 0 Å². The van der Waals surface area contributed by atoms with E-state index in [0.717, 1.165) is 21.6 Å². The Morgan fingerprint density at radius 3 is 2.62 bits per heavy atom. The van der Waals surface area contributed by atoms with Crippen LogP contribution in [0.15, 0.2) is 6.33 Å². The number of aromatic nitrogens is 2. The van der Waals surface area contributed by atoms with Crippen molar-refractivity contribution in [1.82, 2.24) is 15.3 Å². The van der Waals surface area contributed by atoms with E-state index in [9.17, 15) is 22.8 Å². The lowest BCUT2D eigenvalue weighted by atomic mass is 9.97. The Hall–Kier alpha value is -2.43. The van der Waals surface area contributed by atoms with Gasteiger partial charge < -0.3 is 15.0 Å². The number of alkyl halides is 3. The van der Waals surface area contributed by atoms with Gasteiger partial charge in [-0.15, -0.1) is 11.3 Å². The number of nitrogens with one attached hydrogen (secondary N) is 1. The van der Waals surface area contributed by atoms with Gasteiger partial charge in [0.1, 0.15) is 23.5 Å². The molecule has 1 amide bonds. The highest BCUT2D eigenvalue weighted by molar-refractivity contribution is 7.18. The maximum absolute atomic E-state index is 12.1. The number of halogens is 3. The molecule has 0 aromatic carbocycles. The summed E-state index contributed by atoms with van der Waals surface area (Å²) in [6, 6.07) is 0. The van der Waals surface area contributed by atoms with Crippen molar-refractivity contribution in [3.63, 3.8) is 0 Å². The van der Waals surface area contributed by atoms with Gasteiger partial charge in [-0.1, -0.05) is 0 Å². The first-order valence-corrected chi connectivity index (χ1v) is 9.93. The molecule has 158 valence electrons. The van der Waals surface area contributed by atoms with Crippen molar-refractivity contribution in [3.05, 3.63) is 16.8 Å². The normalized spacial score (nSPS) is 15.6. The molecule has 0 unspecified atom stereocenters. The highest BCUT2D eigenvalue weighted by atomic mass is 32.1. The standard InChI is InChI=1S/C18H21F3N4O3S/c1-10-11(2)29-16-14(10)15(23-9-24-16)25-5-3-12(4-6-25)17(27)28-7-13(26)22-8-18(19,20)21/h9,12H,3-8H2,1-2H3,(H,22,26). The molecule has 11 heteroatoms. The van der Waals surface area contributed by atoms with Gasteiger partial charge in [0.15, 0.2) is 6.61 Å². The zero-order valence-corrected chi connectivity index (χ0v) is 16.8. The Labute approximate surface area is 169 Å². The third kappa shape index (κ3) is 5.14. The molecule has 1 N–H and O–H groups in total. The number of nitrogens with zero attached hydrogens (tertiary/aromatic N) is 3. The van der Waals surface area contributed by atoms with Gasteiger partial charge in [0.2, 0.25) is 0 Å². The number of fused-ring (bicyclic) bond motifs is 1. The van der Waals surface area contributed by atoms with Gasteiger partial charge in [0, 0.05) is 18.0 Å². The molecule has 29 heavy (non-hydrogen) atoms. The van der Waals surface area contributed by atoms with Crippen molar-refractivity contribution in [2.75, 3.05) is 31.1 Å². The van der Waals surface area contributed by atoms with Crippen molar-refractivity contribution in [3.8, 4) is 0 Å². The number of hydrogen-bond donors (Lipinski definition) is 1. The van der Waals surface area contributed by atoms with E-state index in [1.54, 1.807) is 16.7 Å². The first kappa shape index (κ1) is 21.3. The molecule has 0 atom stereocenters. The third-order valence-electron chi connectivity index (χ3n) is 4.90. The molecular weight excluding hydrogens is 409 g/mol. The number of rotatable bonds is 5. The van der Waals surface area contributed by atoms with Crippen molar-refractivity contribution in [1.29, 1.82) is 0 Å². The van der Waals surface area contributed by atoms with E-state index < -0.39 is 37.1 Å². The second-order valence-corrected chi connectivity index (χ2v) is 8.12. The van der Waals surface area contributed by atoms with Crippen LogP contribution in [0, 0.1) is 19.8 Å². The van der Waals surface area contributed by atoms with Crippen molar-refractivity contribution >= 4 is 39.2 Å². The molecular formula is C18H21F3N4O3S. The summed E-state index contributed by atoms with van der Waals surface area (Å²) >= 11 is 1.62. The number of piperidine rings is 1. The molecule has 2 aromatic heterocycles. The van der Waals surface area contributed by atoms with Gasteiger partial charge in [-0.25, -0.2) is 9.97 Å². The van der Waals surface area contributed by atoms with Crippen LogP contribution in [0.5, 0.6) is 0 Å². The Morgan fingerprint density at radius 1 is 1.28 bits per heavy atom. The third-order valence-corrected chi connectivity index (χ3v) is 6.02. The molecule has 7 nitrogen and oxygen atoms in total. The summed E-state index contributed by atoms with van der Waals surface area (Å²) < 4.78 is 41.1. The van der Waals surface area contributed by atoms with Gasteiger partial charge in [0.25, 0.3) is 5.91 Å². The fraction of sp³-hybridized carbons (Fsp3) is 0.556. The van der Waals surface area contributed by atoms with Crippen LogP contribution in [-0.4, -0.2) is 54.3 Å². The summed E-state index contributed by atoms with van der Waals surface area (Å²) in [7, 11) is 0. The zero-order valence-electron chi connectivity index (χ0n) is 16.0. The molecule has 0 spiro atoms. The lowest BCUT2D eigenvalue weighted by Crippen LogP contribution is -2.39. The molecule has 0 aliphatic carbocycles. The Morgan fingerprint density at radius 2 is 1.97 bits per heavy atom. The number of esters is 1. The second-order valence-electron chi connectivity index (χ2n) is 6.92. The molecule has 1 fully saturated rings. The van der Waals surface area contributed by atoms with E-state index in [1.807, 2.05) is 13.8 Å². The Bertz CT molecular complexity index is 908. The average molecular weight is 430 g/mol. The molecule has 0 radical (unpaired) electrons. The van der Waals surface area contributed by atoms with Crippen LogP contribution in [0.4, 0.5) is 19.0 Å². The van der Waals surface area contributed by atoms with Crippen LogP contribution < -0.4 is 10.2 Å². The van der Waals surface area contributed by atoms with Gasteiger partial charge in [0.05, 0.1) is 11.3 Å². The monoisotopic (exact) mass is 430 g/mol. The number of hydrogen-bond acceptors (Lipinski definition) is 7. The lowest BCUT2D eigenvalue weighted by molar-refractivity contribution is -0.155. The number of thiophene rings is 1. The number of amides is 1. The molecule has 0 bridgehead atoms. The first-order chi connectivity index (χ1) is 13.7. The van der Waals surface area contributed by atoms with E-state index in [0.29, 0.717) is 25.9 Å². The molecule has 1 aliphatic heterocycles. The molecule has 3 heterocycles. The van der Waals surface area contributed by atoms with Gasteiger partial charge >= 0.3 is 12.1 Å². The van der Waals surface area contributed by atoms with Gasteiger partial charge in [-0.3, -0.25) is 9.59 Å². The molecule has 3 rings (SSSR count). The average Bonchev–Trinajstić information content (AvgIpc) is 2.98. The number of carbonyl (C=O) groups is 2. The van der Waals surface area contributed by atoms with Crippen molar-refractivity contribution < 1.29 is 27.5 Å². The number of aryl methyl sites for hydroxylation is 2. The predicted molar refractivity (Wildman–Crippen MR) is 102 cm³/mol. The molecule has 0 saturated carbocycles. The molecule has 1 saturated heterocycles. The van der Waals surface area contributed by atoms with Crippen LogP contribution >= 0.6 is 11.3 Å². The maximum atomic E-state index is 12.1. The minimum atomic E-state index is -4.50. The molecule has 2 aromatic rings. The summed E-state index contributed by atoms with van der Waals surface area (Å²) in [6.07, 6.45) is -1.95. The summed E-state index contributed by atoms with van der Waals surface area (Å²) in [5.41, 5.74) is 1.15. The fourth-order valence-corrected chi connectivity index (χ4v) is 4.23. The summed E-state index contributed by atoms with van der Waals surface area (Å²) in [6.45, 7) is 3.08. The van der Waals surface area contributed by atoms with Gasteiger partial charge in [-0.2, -0.15) is 13.2 Å². The summed E-state index contributed by atoms with van der Waals surface area (Å²) in [5.74, 6) is -1.10. The van der Waals surface area contributed by atoms with Crippen LogP contribution in [0.3, 0.4) is 0 Å². The van der Waals surface area contributed by atoms with Crippen LogP contribution in [0.1, 0.15) is 23.3 Å². The maximum Gasteiger partial charge on any atom is 0.405 e. The SMILES string of the molecule is Cc1sc2ncnc(N3CCC(C(=O)OCC(=O)NCC(F)(F)F)CC3)c2c1C. The van der Waals surface area contributed by atoms with Crippen molar-refractivity contribution in [2.24, 2.45) is 5.92 Å². The minimum Gasteiger partial charge on any atom is -0.455 e. The summed E-state index contributed by atoms with van der Waals surface area (Å²) in [5, 5.41) is 2.70. The Balaban J connectivity index is 1.53. The second kappa shape index (κ2) is 8.52. The van der Waals surface area contributed by atoms with E-state index in [4.69, 9.17) is 4.74 Å². The Kier molecular flexibility index (Phi) is 6.25. The van der Waals surface area contributed by atoms with Gasteiger partial charge in [-0.05, 0) is 32.3 Å². The van der Waals surface area contributed by atoms with Crippen LogP contribution in [0.25, 0.3) is 10.2 Å². The highest BCUT2D eigenvalue weighted by Gasteiger charge is 2.30. The van der Waals surface area contributed by atoms with Crippen molar-refractivity contribution in [2.45, 2.75) is 32.9 Å². The lowest BCUT2D eigenvalue weighted by Gasteiger charge is -2.32. The van der Waals surface area contributed by atoms with E-state index in [1.165, 1.54) is 11.2 Å². The quantitative estimate of drug-likeness (QED) is 0.735. The number of carbonyl (C=O) groups excluding carboxylic acids is 2. The summed E-state index contributed by atoms with van der Waals surface area (Å²) in [4.78, 5) is 36.5. The number of ether oxygens (including phenoxy) is 1. The van der Waals surface area contributed by atoms with Crippen LogP contribution in [0.2, 0.25) is 0 Å². The zero-order chi connectivity index (χ0) is 21.2. The molecule has 1 aliphatic rings. The first-order valence-electron chi connectivity index (χ1n) is 9.11. The largest absolute Gasteiger partial charge is 0.455 e.